The largest absolute Gasteiger partial charge is 0.480 e. The minimum Gasteiger partial charge on any atom is -0.480 e. The molecule has 1 N–H and O–H groups in total. The number of aryl methyl sites for hydroxylation is 2. The van der Waals surface area contributed by atoms with Gasteiger partial charge in [0.15, 0.2) is 0 Å². The van der Waals surface area contributed by atoms with Gasteiger partial charge in [-0.05, 0) is 32.0 Å². The normalized spacial score (nSPS) is 10.6. The lowest BCUT2D eigenvalue weighted by atomic mass is 10.2. The van der Waals surface area contributed by atoms with Crippen LogP contribution >= 0.6 is 0 Å². The quantitative estimate of drug-likeness (QED) is 0.482. The van der Waals surface area contributed by atoms with Gasteiger partial charge < -0.3 is 13.9 Å². The summed E-state index contributed by atoms with van der Waals surface area (Å²) in [5.41, 5.74) is 2.52. The lowest BCUT2D eigenvalue weighted by Crippen LogP contribution is -1.65. The first-order valence-electron chi connectivity index (χ1n) is 6.77. The number of para-hydroxylation sites is 2. The first-order valence-corrected chi connectivity index (χ1v) is 6.77. The lowest BCUT2D eigenvalue weighted by Gasteiger charge is -1.84. The molecule has 3 nitrogen and oxygen atoms in total. The average molecular weight is 280 g/mol. The minimum atomic E-state index is 0.0196. The monoisotopic (exact) mass is 280 g/mol. The van der Waals surface area contributed by atoms with Crippen molar-refractivity contribution in [2.24, 2.45) is 0 Å². The van der Waals surface area contributed by atoms with Crippen LogP contribution in [0.15, 0.2) is 63.4 Å². The van der Waals surface area contributed by atoms with Gasteiger partial charge in [-0.15, -0.1) is 0 Å². The Morgan fingerprint density at radius 3 is 2.19 bits per heavy atom. The Labute approximate surface area is 122 Å². The molecule has 0 radical (unpaired) electrons. The molecule has 0 saturated heterocycles. The fraction of sp³-hybridized carbons (Fsp3) is 0.111. The number of hydrogen-bond donors (Lipinski definition) is 1. The van der Waals surface area contributed by atoms with Crippen molar-refractivity contribution in [1.29, 1.82) is 0 Å². The van der Waals surface area contributed by atoms with Gasteiger partial charge in [0.2, 0.25) is 0 Å². The van der Waals surface area contributed by atoms with E-state index in [-0.39, 0.29) is 5.95 Å². The Hall–Kier alpha value is -2.68. The van der Waals surface area contributed by atoms with Crippen molar-refractivity contribution >= 4 is 21.9 Å². The van der Waals surface area contributed by atoms with Crippen molar-refractivity contribution < 1.29 is 13.9 Å². The maximum Gasteiger partial charge on any atom is 0.285 e. The van der Waals surface area contributed by atoms with Gasteiger partial charge in [0, 0.05) is 16.3 Å². The highest BCUT2D eigenvalue weighted by Gasteiger charge is 2.06. The first kappa shape index (κ1) is 13.3. The van der Waals surface area contributed by atoms with Crippen LogP contribution < -0.4 is 0 Å². The molecule has 2 aromatic heterocycles. The molecule has 0 fully saturated rings. The van der Waals surface area contributed by atoms with E-state index < -0.39 is 0 Å². The fourth-order valence-electron chi connectivity index (χ4n) is 2.28. The molecule has 0 bridgehead atoms. The van der Waals surface area contributed by atoms with Crippen LogP contribution in [-0.2, 0) is 0 Å². The summed E-state index contributed by atoms with van der Waals surface area (Å²) in [6, 6.07) is 17.6. The molecule has 0 aliphatic carbocycles. The SMILES string of the molecule is Cc1c(O)oc2ccccc12.Cc1cc2ccccc2o1. The second-order valence-electron chi connectivity index (χ2n) is 4.92. The Bertz CT molecular complexity index is 851. The maximum atomic E-state index is 9.18. The Morgan fingerprint density at radius 2 is 1.48 bits per heavy atom. The zero-order valence-electron chi connectivity index (χ0n) is 12.0. The molecule has 0 spiro atoms. The van der Waals surface area contributed by atoms with Crippen LogP contribution in [0.1, 0.15) is 11.3 Å². The maximum absolute atomic E-state index is 9.18. The average Bonchev–Trinajstić information content (AvgIpc) is 3.00. The van der Waals surface area contributed by atoms with Crippen LogP contribution in [0.5, 0.6) is 5.95 Å². The van der Waals surface area contributed by atoms with E-state index >= 15 is 0 Å². The second kappa shape index (κ2) is 5.37. The first-order chi connectivity index (χ1) is 10.1. The molecule has 2 heterocycles. The molecule has 4 rings (SSSR count). The summed E-state index contributed by atoms with van der Waals surface area (Å²) in [6.07, 6.45) is 0. The van der Waals surface area contributed by atoms with Crippen molar-refractivity contribution in [1.82, 2.24) is 0 Å². The summed E-state index contributed by atoms with van der Waals surface area (Å²) in [5.74, 6) is 0.993. The summed E-state index contributed by atoms with van der Waals surface area (Å²) in [7, 11) is 0. The number of rotatable bonds is 0. The van der Waals surface area contributed by atoms with Crippen LogP contribution in [0.3, 0.4) is 0 Å². The van der Waals surface area contributed by atoms with Crippen LogP contribution in [0, 0.1) is 13.8 Å². The summed E-state index contributed by atoms with van der Waals surface area (Å²) >= 11 is 0. The summed E-state index contributed by atoms with van der Waals surface area (Å²) in [5, 5.41) is 11.3. The minimum absolute atomic E-state index is 0.0196. The van der Waals surface area contributed by atoms with E-state index in [9.17, 15) is 5.11 Å². The number of benzene rings is 2. The van der Waals surface area contributed by atoms with Gasteiger partial charge in [0.05, 0.1) is 0 Å². The third kappa shape index (κ3) is 2.63. The highest BCUT2D eigenvalue weighted by Crippen LogP contribution is 2.29. The van der Waals surface area contributed by atoms with E-state index in [2.05, 4.69) is 0 Å². The highest BCUT2D eigenvalue weighted by molar-refractivity contribution is 5.82. The Morgan fingerprint density at radius 1 is 0.810 bits per heavy atom. The smallest absolute Gasteiger partial charge is 0.285 e. The molecule has 106 valence electrons. The number of fused-ring (bicyclic) bond motifs is 2. The van der Waals surface area contributed by atoms with Crippen molar-refractivity contribution in [3.05, 3.63) is 65.9 Å². The standard InChI is InChI=1S/C9H8O2.C9H8O/c1-6-7-4-2-3-5-8(7)11-9(6)10;1-7-6-8-4-2-3-5-9(8)10-7/h2-5,10H,1H3;2-6H,1H3. The van der Waals surface area contributed by atoms with E-state index in [1.165, 1.54) is 5.39 Å². The van der Waals surface area contributed by atoms with Crippen molar-refractivity contribution in [3.63, 3.8) is 0 Å². The molecule has 0 unspecified atom stereocenters. The lowest BCUT2D eigenvalue weighted by molar-refractivity contribution is 0.343. The van der Waals surface area contributed by atoms with E-state index in [4.69, 9.17) is 8.83 Å². The molecule has 0 aliphatic rings. The molecule has 0 amide bonds. The molecule has 0 aliphatic heterocycles. The van der Waals surface area contributed by atoms with E-state index in [0.717, 1.165) is 27.9 Å². The summed E-state index contributed by atoms with van der Waals surface area (Å²) in [4.78, 5) is 0. The molecular weight excluding hydrogens is 264 g/mol. The predicted octanol–water partition coefficient (Wildman–Crippen LogP) is 5.19. The van der Waals surface area contributed by atoms with Crippen LogP contribution in [-0.4, -0.2) is 5.11 Å². The number of furan rings is 2. The van der Waals surface area contributed by atoms with Crippen molar-refractivity contribution in [2.45, 2.75) is 13.8 Å². The molecular formula is C18H16O3. The molecule has 0 atom stereocenters. The zero-order chi connectivity index (χ0) is 14.8. The second-order valence-corrected chi connectivity index (χ2v) is 4.92. The summed E-state index contributed by atoms with van der Waals surface area (Å²) < 4.78 is 10.4. The van der Waals surface area contributed by atoms with Crippen molar-refractivity contribution in [3.8, 4) is 5.95 Å². The van der Waals surface area contributed by atoms with Crippen LogP contribution in [0.4, 0.5) is 0 Å². The number of aromatic hydroxyl groups is 1. The molecule has 4 aromatic rings. The third-order valence-corrected chi connectivity index (χ3v) is 3.37. The van der Waals surface area contributed by atoms with Crippen molar-refractivity contribution in [2.75, 3.05) is 0 Å². The van der Waals surface area contributed by atoms with Gasteiger partial charge in [-0.3, -0.25) is 0 Å². The fourth-order valence-corrected chi connectivity index (χ4v) is 2.28. The topological polar surface area (TPSA) is 46.5 Å². The van der Waals surface area contributed by atoms with Gasteiger partial charge in [0.25, 0.3) is 5.95 Å². The molecule has 3 heteroatoms. The Kier molecular flexibility index (Phi) is 3.40. The molecule has 0 saturated carbocycles. The van der Waals surface area contributed by atoms with Crippen LogP contribution in [0.25, 0.3) is 21.9 Å². The van der Waals surface area contributed by atoms with E-state index in [1.807, 2.05) is 68.4 Å². The zero-order valence-corrected chi connectivity index (χ0v) is 12.0. The van der Waals surface area contributed by atoms with E-state index in [0.29, 0.717) is 0 Å². The predicted molar refractivity (Wildman–Crippen MR) is 83.6 cm³/mol. The summed E-state index contributed by atoms with van der Waals surface area (Å²) in [6.45, 7) is 3.79. The van der Waals surface area contributed by atoms with Gasteiger partial charge in [-0.25, -0.2) is 0 Å². The third-order valence-electron chi connectivity index (χ3n) is 3.37. The van der Waals surface area contributed by atoms with E-state index in [1.54, 1.807) is 0 Å². The van der Waals surface area contributed by atoms with Gasteiger partial charge in [-0.1, -0.05) is 36.4 Å². The molecule has 21 heavy (non-hydrogen) atoms. The van der Waals surface area contributed by atoms with Gasteiger partial charge >= 0.3 is 0 Å². The van der Waals surface area contributed by atoms with Gasteiger partial charge in [0.1, 0.15) is 16.9 Å². The highest BCUT2D eigenvalue weighted by atomic mass is 16.5. The van der Waals surface area contributed by atoms with Crippen LogP contribution in [0.2, 0.25) is 0 Å². The number of hydrogen-bond acceptors (Lipinski definition) is 3. The molecule has 2 aromatic carbocycles. The van der Waals surface area contributed by atoms with Gasteiger partial charge in [-0.2, -0.15) is 0 Å². The Balaban J connectivity index is 0.000000126.